The third-order valence-electron chi connectivity index (χ3n) is 2.98. The first-order valence-corrected chi connectivity index (χ1v) is 6.71. The van der Waals surface area contributed by atoms with E-state index in [9.17, 15) is 9.59 Å². The average molecular weight is 282 g/mol. The second-order valence-electron chi connectivity index (χ2n) is 4.84. The lowest BCUT2D eigenvalue weighted by molar-refractivity contribution is -0.141. The van der Waals surface area contributed by atoms with Crippen molar-refractivity contribution in [2.24, 2.45) is 13.0 Å². The number of aromatic nitrogens is 2. The Bertz CT molecular complexity index is 445. The maximum Gasteiger partial charge on any atom is 0.314 e. The van der Waals surface area contributed by atoms with Gasteiger partial charge >= 0.3 is 12.0 Å². The van der Waals surface area contributed by atoms with Crippen LogP contribution in [0.25, 0.3) is 0 Å². The molecule has 0 aliphatic heterocycles. The fraction of sp³-hybridized carbons (Fsp3) is 0.615. The van der Waals surface area contributed by atoms with E-state index in [2.05, 4.69) is 15.7 Å². The number of carbonyl (C=O) groups excluding carboxylic acids is 1. The Morgan fingerprint density at radius 3 is 2.70 bits per heavy atom. The van der Waals surface area contributed by atoms with Crippen LogP contribution in [0.15, 0.2) is 12.4 Å². The first-order chi connectivity index (χ1) is 9.49. The second kappa shape index (κ2) is 8.19. The van der Waals surface area contributed by atoms with Crippen molar-refractivity contribution in [1.29, 1.82) is 0 Å². The summed E-state index contributed by atoms with van der Waals surface area (Å²) in [4.78, 5) is 22.1. The third kappa shape index (κ3) is 6.21. The van der Waals surface area contributed by atoms with Crippen LogP contribution < -0.4 is 10.6 Å². The average Bonchev–Trinajstić information content (AvgIpc) is 2.80. The zero-order chi connectivity index (χ0) is 15.0. The van der Waals surface area contributed by atoms with Crippen LogP contribution in [0.5, 0.6) is 0 Å². The van der Waals surface area contributed by atoms with E-state index in [-0.39, 0.29) is 11.9 Å². The smallest absolute Gasteiger partial charge is 0.314 e. The molecule has 3 N–H and O–H groups in total. The van der Waals surface area contributed by atoms with Crippen molar-refractivity contribution in [2.45, 2.75) is 26.2 Å². The minimum Gasteiger partial charge on any atom is -0.481 e. The molecule has 1 unspecified atom stereocenters. The monoisotopic (exact) mass is 282 g/mol. The van der Waals surface area contributed by atoms with Crippen molar-refractivity contribution in [3.63, 3.8) is 0 Å². The van der Waals surface area contributed by atoms with Gasteiger partial charge in [0.05, 0.1) is 12.1 Å². The molecule has 0 aromatic carbocycles. The van der Waals surface area contributed by atoms with Gasteiger partial charge in [0.15, 0.2) is 0 Å². The molecule has 0 aliphatic rings. The molecule has 0 bridgehead atoms. The zero-order valence-electron chi connectivity index (χ0n) is 11.9. The highest BCUT2D eigenvalue weighted by molar-refractivity contribution is 5.73. The van der Waals surface area contributed by atoms with E-state index in [1.165, 1.54) is 0 Å². The number of nitrogens with one attached hydrogen (secondary N) is 2. The molecule has 2 amide bonds. The summed E-state index contributed by atoms with van der Waals surface area (Å²) in [5, 5.41) is 18.2. The largest absolute Gasteiger partial charge is 0.481 e. The van der Waals surface area contributed by atoms with Gasteiger partial charge in [-0.1, -0.05) is 6.92 Å². The predicted molar refractivity (Wildman–Crippen MR) is 74.3 cm³/mol. The number of urea groups is 1. The Hall–Kier alpha value is -2.05. The number of carbonyl (C=O) groups is 2. The molecule has 1 aromatic rings. The van der Waals surface area contributed by atoms with Gasteiger partial charge < -0.3 is 15.7 Å². The first-order valence-electron chi connectivity index (χ1n) is 6.71. The highest BCUT2D eigenvalue weighted by atomic mass is 16.4. The van der Waals surface area contributed by atoms with Crippen LogP contribution in [0.4, 0.5) is 4.79 Å². The molecule has 1 atom stereocenters. The van der Waals surface area contributed by atoms with Crippen LogP contribution in [-0.2, 0) is 18.3 Å². The summed E-state index contributed by atoms with van der Waals surface area (Å²) in [5.74, 6) is -1.17. The van der Waals surface area contributed by atoms with Gasteiger partial charge in [-0.05, 0) is 24.8 Å². The first kappa shape index (κ1) is 16.0. The number of hydrogen-bond donors (Lipinski definition) is 3. The molecular formula is C13H22N4O3. The molecule has 0 fully saturated rings. The van der Waals surface area contributed by atoms with Crippen LogP contribution in [0, 0.1) is 5.92 Å². The molecule has 1 rings (SSSR count). The lowest BCUT2D eigenvalue weighted by atomic mass is 10.1. The maximum absolute atomic E-state index is 11.5. The van der Waals surface area contributed by atoms with Crippen molar-refractivity contribution >= 4 is 12.0 Å². The molecule has 0 spiro atoms. The normalized spacial score (nSPS) is 11.9. The summed E-state index contributed by atoms with van der Waals surface area (Å²) in [5.41, 5.74) is 1.07. The van der Waals surface area contributed by atoms with Gasteiger partial charge in [0.2, 0.25) is 0 Å². The fourth-order valence-corrected chi connectivity index (χ4v) is 1.72. The molecular weight excluding hydrogens is 260 g/mol. The van der Waals surface area contributed by atoms with E-state index in [0.717, 1.165) is 12.0 Å². The van der Waals surface area contributed by atoms with Gasteiger partial charge in [0.25, 0.3) is 0 Å². The van der Waals surface area contributed by atoms with Crippen molar-refractivity contribution in [1.82, 2.24) is 20.4 Å². The van der Waals surface area contributed by atoms with E-state index < -0.39 is 5.97 Å². The quantitative estimate of drug-likeness (QED) is 0.613. The Balaban J connectivity index is 2.04. The molecule has 112 valence electrons. The van der Waals surface area contributed by atoms with Crippen molar-refractivity contribution in [3.8, 4) is 0 Å². The Kier molecular flexibility index (Phi) is 6.55. The third-order valence-corrected chi connectivity index (χ3v) is 2.98. The van der Waals surface area contributed by atoms with Gasteiger partial charge in [-0.2, -0.15) is 5.10 Å². The van der Waals surface area contributed by atoms with E-state index >= 15 is 0 Å². The van der Waals surface area contributed by atoms with Gasteiger partial charge in [-0.3, -0.25) is 9.48 Å². The highest BCUT2D eigenvalue weighted by Gasteiger charge is 2.09. The molecule has 7 nitrogen and oxygen atoms in total. The second-order valence-corrected chi connectivity index (χ2v) is 4.84. The summed E-state index contributed by atoms with van der Waals surface area (Å²) in [6.07, 6.45) is 5.63. The number of hydrogen-bond acceptors (Lipinski definition) is 3. The van der Waals surface area contributed by atoms with Gasteiger partial charge in [-0.15, -0.1) is 0 Å². The molecule has 20 heavy (non-hydrogen) atoms. The number of amides is 2. The van der Waals surface area contributed by atoms with Crippen molar-refractivity contribution < 1.29 is 14.7 Å². The molecule has 1 heterocycles. The number of aryl methyl sites for hydroxylation is 1. The topological polar surface area (TPSA) is 96.3 Å². The van der Waals surface area contributed by atoms with Crippen LogP contribution in [0.3, 0.4) is 0 Å². The van der Waals surface area contributed by atoms with Crippen LogP contribution >= 0.6 is 0 Å². The van der Waals surface area contributed by atoms with E-state index in [4.69, 9.17) is 5.11 Å². The number of carboxylic acid groups (broad SMARTS) is 1. The van der Waals surface area contributed by atoms with E-state index in [1.807, 2.05) is 13.2 Å². The van der Waals surface area contributed by atoms with Crippen molar-refractivity contribution in [3.05, 3.63) is 18.0 Å². The van der Waals surface area contributed by atoms with Crippen LogP contribution in [0.2, 0.25) is 0 Å². The summed E-state index contributed by atoms with van der Waals surface area (Å²) in [6, 6.07) is -0.225. The minimum atomic E-state index is -0.800. The standard InChI is InChI=1S/C13H22N4O3/c1-10(12(18)19)4-3-6-14-13(20)15-7-5-11-8-16-17(2)9-11/h8-10H,3-7H2,1-2H3,(H,18,19)(H2,14,15,20). The lowest BCUT2D eigenvalue weighted by Gasteiger charge is -2.08. The fourth-order valence-electron chi connectivity index (χ4n) is 1.72. The summed E-state index contributed by atoms with van der Waals surface area (Å²) >= 11 is 0. The van der Waals surface area contributed by atoms with E-state index in [0.29, 0.717) is 25.9 Å². The summed E-state index contributed by atoms with van der Waals surface area (Å²) in [7, 11) is 1.85. The highest BCUT2D eigenvalue weighted by Crippen LogP contribution is 2.04. The lowest BCUT2D eigenvalue weighted by Crippen LogP contribution is -2.37. The van der Waals surface area contributed by atoms with Gasteiger partial charge in [0, 0.05) is 26.3 Å². The Labute approximate surface area is 118 Å². The molecule has 0 radical (unpaired) electrons. The van der Waals surface area contributed by atoms with Crippen LogP contribution in [-0.4, -0.2) is 40.0 Å². The number of nitrogens with zero attached hydrogens (tertiary/aromatic N) is 2. The number of aliphatic carboxylic acids is 1. The van der Waals surface area contributed by atoms with Gasteiger partial charge in [0.1, 0.15) is 0 Å². The predicted octanol–water partition coefficient (Wildman–Crippen LogP) is 0.763. The molecule has 7 heteroatoms. The van der Waals surface area contributed by atoms with E-state index in [1.54, 1.807) is 17.8 Å². The van der Waals surface area contributed by atoms with Crippen molar-refractivity contribution in [2.75, 3.05) is 13.1 Å². The molecule has 0 saturated carbocycles. The maximum atomic E-state index is 11.5. The zero-order valence-corrected chi connectivity index (χ0v) is 11.9. The number of rotatable bonds is 8. The summed E-state index contributed by atoms with van der Waals surface area (Å²) in [6.45, 7) is 2.69. The van der Waals surface area contributed by atoms with Gasteiger partial charge in [-0.25, -0.2) is 4.79 Å². The molecule has 0 saturated heterocycles. The Morgan fingerprint density at radius 1 is 1.40 bits per heavy atom. The number of carboxylic acids is 1. The summed E-state index contributed by atoms with van der Waals surface area (Å²) < 4.78 is 1.72. The SMILES string of the molecule is CC(CCCNC(=O)NCCc1cnn(C)c1)C(=O)O. The Morgan fingerprint density at radius 2 is 2.10 bits per heavy atom. The van der Waals surface area contributed by atoms with Crippen LogP contribution in [0.1, 0.15) is 25.3 Å². The minimum absolute atomic E-state index is 0.225. The molecule has 0 aliphatic carbocycles. The molecule has 1 aromatic heterocycles.